The van der Waals surface area contributed by atoms with Crippen molar-refractivity contribution < 1.29 is 28.2 Å². The van der Waals surface area contributed by atoms with Crippen molar-refractivity contribution in [2.24, 2.45) is 5.10 Å². The summed E-state index contributed by atoms with van der Waals surface area (Å²) in [6, 6.07) is 14.6. The molecular weight excluding hydrogens is 547 g/mol. The Morgan fingerprint density at radius 2 is 1.90 bits per heavy atom. The number of halogens is 1. The molecule has 9 nitrogen and oxygen atoms in total. The first kappa shape index (κ1) is 28.7. The number of ether oxygens (including phenoxy) is 3. The van der Waals surface area contributed by atoms with E-state index in [1.54, 1.807) is 55.5 Å². The average Bonchev–Trinajstić information content (AvgIpc) is 3.70. The number of amides is 2. The Balaban J connectivity index is 1.44. The number of rotatable bonds is 10. The first-order valence-corrected chi connectivity index (χ1v) is 14.4. The Morgan fingerprint density at radius 3 is 2.61 bits per heavy atom. The largest absolute Gasteiger partial charge is 0.497 e. The van der Waals surface area contributed by atoms with Crippen molar-refractivity contribution in [1.29, 1.82) is 0 Å². The summed E-state index contributed by atoms with van der Waals surface area (Å²) in [6.07, 6.45) is 0.280. The van der Waals surface area contributed by atoms with Gasteiger partial charge in [0.25, 0.3) is 11.8 Å². The number of hydrazone groups is 1. The number of benzene rings is 2. The fourth-order valence-corrected chi connectivity index (χ4v) is 5.75. The first-order valence-electron chi connectivity index (χ1n) is 13.5. The Bertz CT molecular complexity index is 1390. The summed E-state index contributed by atoms with van der Waals surface area (Å²) in [4.78, 5) is 31.7. The number of hydrogen-bond acceptors (Lipinski definition) is 8. The highest BCUT2D eigenvalue weighted by molar-refractivity contribution is 7.12. The van der Waals surface area contributed by atoms with Crippen molar-refractivity contribution in [2.45, 2.75) is 12.5 Å². The van der Waals surface area contributed by atoms with Gasteiger partial charge in [-0.15, -0.1) is 11.3 Å². The topological polar surface area (TPSA) is 83.9 Å². The zero-order valence-electron chi connectivity index (χ0n) is 23.1. The van der Waals surface area contributed by atoms with Gasteiger partial charge in [0.1, 0.15) is 23.9 Å². The molecule has 1 unspecified atom stereocenters. The van der Waals surface area contributed by atoms with Crippen LogP contribution in [0.1, 0.15) is 33.3 Å². The maximum absolute atomic E-state index is 15.0. The van der Waals surface area contributed by atoms with Crippen LogP contribution < -0.4 is 9.47 Å². The quantitative estimate of drug-likeness (QED) is 0.360. The standard InChI is InChI=1S/C30H33FN4O5S/c1-38-21-9-10-23(27(18-21)39-2)25-19-26(22-6-3-4-7-24(22)31)35(32-25)29(36)20-34(30(37)28-8-5-17-41-28)12-11-33-13-15-40-16-14-33/h3-10,17-18,26H,11-16,19-20H2,1-2H3. The number of thiophene rings is 1. The molecule has 2 aliphatic heterocycles. The summed E-state index contributed by atoms with van der Waals surface area (Å²) in [5, 5.41) is 7.85. The van der Waals surface area contributed by atoms with E-state index < -0.39 is 17.8 Å². The average molecular weight is 581 g/mol. The van der Waals surface area contributed by atoms with E-state index in [-0.39, 0.29) is 18.9 Å². The van der Waals surface area contributed by atoms with Gasteiger partial charge in [-0.25, -0.2) is 9.40 Å². The molecule has 0 N–H and O–H groups in total. The van der Waals surface area contributed by atoms with Gasteiger partial charge in [-0.3, -0.25) is 14.5 Å². The molecule has 5 rings (SSSR count). The predicted octanol–water partition coefficient (Wildman–Crippen LogP) is 4.06. The molecule has 2 amide bonds. The second-order valence-electron chi connectivity index (χ2n) is 9.75. The molecule has 3 heterocycles. The predicted molar refractivity (Wildman–Crippen MR) is 154 cm³/mol. The van der Waals surface area contributed by atoms with E-state index in [1.165, 1.54) is 22.4 Å². The lowest BCUT2D eigenvalue weighted by Crippen LogP contribution is -2.46. The normalized spacial score (nSPS) is 17.3. The van der Waals surface area contributed by atoms with Crippen LogP contribution in [0.15, 0.2) is 65.1 Å². The van der Waals surface area contributed by atoms with Gasteiger partial charge in [-0.05, 0) is 29.6 Å². The van der Waals surface area contributed by atoms with Gasteiger partial charge >= 0.3 is 0 Å². The summed E-state index contributed by atoms with van der Waals surface area (Å²) in [6.45, 7) is 3.61. The van der Waals surface area contributed by atoms with E-state index in [9.17, 15) is 9.59 Å². The maximum atomic E-state index is 15.0. The minimum atomic E-state index is -0.677. The second kappa shape index (κ2) is 13.2. The molecule has 2 aliphatic rings. The number of nitrogens with zero attached hydrogens (tertiary/aromatic N) is 4. The zero-order chi connectivity index (χ0) is 28.8. The number of carbonyl (C=O) groups excluding carboxylic acids is 2. The molecule has 2 aromatic carbocycles. The molecule has 0 saturated carbocycles. The van der Waals surface area contributed by atoms with Crippen molar-refractivity contribution in [2.75, 3.05) is 60.2 Å². The van der Waals surface area contributed by atoms with Crippen LogP contribution in [0.25, 0.3) is 0 Å². The van der Waals surface area contributed by atoms with Crippen molar-refractivity contribution in [3.8, 4) is 11.5 Å². The fourth-order valence-electron chi connectivity index (χ4n) is 5.06. The Morgan fingerprint density at radius 1 is 1.10 bits per heavy atom. The fraction of sp³-hybridized carbons (Fsp3) is 0.367. The molecule has 41 heavy (non-hydrogen) atoms. The Labute approximate surface area is 242 Å². The van der Waals surface area contributed by atoms with Gasteiger partial charge in [0, 0.05) is 49.8 Å². The van der Waals surface area contributed by atoms with Crippen molar-refractivity contribution in [1.82, 2.24) is 14.8 Å². The van der Waals surface area contributed by atoms with Crippen LogP contribution in [-0.2, 0) is 9.53 Å². The van der Waals surface area contributed by atoms with E-state index in [1.807, 2.05) is 17.5 Å². The van der Waals surface area contributed by atoms with Crippen LogP contribution in [0.4, 0.5) is 4.39 Å². The lowest BCUT2D eigenvalue weighted by atomic mass is 9.97. The number of hydrogen-bond donors (Lipinski definition) is 0. The molecular formula is C30H33FN4O5S. The number of carbonyl (C=O) groups is 2. The van der Waals surface area contributed by atoms with Gasteiger partial charge in [0.2, 0.25) is 0 Å². The lowest BCUT2D eigenvalue weighted by molar-refractivity contribution is -0.133. The molecule has 1 saturated heterocycles. The van der Waals surface area contributed by atoms with Gasteiger partial charge in [0.15, 0.2) is 0 Å². The van der Waals surface area contributed by atoms with Crippen LogP contribution in [0.5, 0.6) is 11.5 Å². The summed E-state index contributed by atoms with van der Waals surface area (Å²) in [7, 11) is 3.12. The molecule has 0 spiro atoms. The van der Waals surface area contributed by atoms with Crippen LogP contribution in [0, 0.1) is 5.82 Å². The summed E-state index contributed by atoms with van der Waals surface area (Å²) in [5.74, 6) is 0.111. The maximum Gasteiger partial charge on any atom is 0.264 e. The Hall–Kier alpha value is -3.80. The van der Waals surface area contributed by atoms with Crippen molar-refractivity contribution >= 4 is 28.9 Å². The van der Waals surface area contributed by atoms with Crippen LogP contribution >= 0.6 is 11.3 Å². The minimum Gasteiger partial charge on any atom is -0.497 e. The molecule has 0 radical (unpaired) electrons. The molecule has 11 heteroatoms. The van der Waals surface area contributed by atoms with E-state index >= 15 is 4.39 Å². The van der Waals surface area contributed by atoms with E-state index in [2.05, 4.69) is 4.90 Å². The molecule has 0 aliphatic carbocycles. The van der Waals surface area contributed by atoms with Gasteiger partial charge in [-0.1, -0.05) is 24.3 Å². The Kier molecular flexibility index (Phi) is 9.28. The van der Waals surface area contributed by atoms with Crippen LogP contribution in [0.2, 0.25) is 0 Å². The van der Waals surface area contributed by atoms with Gasteiger partial charge < -0.3 is 19.1 Å². The van der Waals surface area contributed by atoms with Crippen LogP contribution in [-0.4, -0.2) is 92.5 Å². The molecule has 0 bridgehead atoms. The second-order valence-corrected chi connectivity index (χ2v) is 10.7. The molecule has 3 aromatic rings. The summed E-state index contributed by atoms with van der Waals surface area (Å²) < 4.78 is 31.4. The smallest absolute Gasteiger partial charge is 0.264 e. The third-order valence-corrected chi connectivity index (χ3v) is 8.14. The SMILES string of the molecule is COc1ccc(C2=NN(C(=O)CN(CCN3CCOCC3)C(=O)c3cccs3)C(c3ccccc3F)C2)c(OC)c1. The monoisotopic (exact) mass is 580 g/mol. The molecule has 1 fully saturated rings. The van der Waals surface area contributed by atoms with E-state index in [4.69, 9.17) is 19.3 Å². The summed E-state index contributed by atoms with van der Waals surface area (Å²) >= 11 is 1.33. The number of morpholine rings is 1. The highest BCUT2D eigenvalue weighted by Crippen LogP contribution is 2.37. The highest BCUT2D eigenvalue weighted by Gasteiger charge is 2.36. The van der Waals surface area contributed by atoms with Gasteiger partial charge in [0.05, 0.1) is 44.1 Å². The lowest BCUT2D eigenvalue weighted by Gasteiger charge is -2.31. The van der Waals surface area contributed by atoms with Gasteiger partial charge in [-0.2, -0.15) is 5.10 Å². The van der Waals surface area contributed by atoms with Crippen molar-refractivity contribution in [3.63, 3.8) is 0 Å². The van der Waals surface area contributed by atoms with Crippen molar-refractivity contribution in [3.05, 3.63) is 81.8 Å². The van der Waals surface area contributed by atoms with E-state index in [0.29, 0.717) is 59.5 Å². The van der Waals surface area contributed by atoms with E-state index in [0.717, 1.165) is 13.1 Å². The molecule has 1 aromatic heterocycles. The third kappa shape index (κ3) is 6.58. The zero-order valence-corrected chi connectivity index (χ0v) is 23.9. The third-order valence-electron chi connectivity index (χ3n) is 7.28. The first-order chi connectivity index (χ1) is 20.0. The van der Waals surface area contributed by atoms with Crippen LogP contribution in [0.3, 0.4) is 0 Å². The minimum absolute atomic E-state index is 0.192. The molecule has 216 valence electrons. The summed E-state index contributed by atoms with van der Waals surface area (Å²) in [5.41, 5.74) is 1.62. The number of methoxy groups -OCH3 is 2. The highest BCUT2D eigenvalue weighted by atomic mass is 32.1. The molecule has 1 atom stereocenters.